The van der Waals surface area contributed by atoms with Crippen molar-refractivity contribution in [3.05, 3.63) is 23.8 Å². The number of benzene rings is 1. The molecular formula is C17H26N2O5S. The number of methoxy groups -OCH3 is 2. The topological polar surface area (TPSA) is 84.9 Å². The van der Waals surface area contributed by atoms with E-state index in [0.717, 1.165) is 25.7 Å². The van der Waals surface area contributed by atoms with E-state index in [9.17, 15) is 13.2 Å². The van der Waals surface area contributed by atoms with Crippen LogP contribution in [0.4, 0.5) is 0 Å². The van der Waals surface area contributed by atoms with Crippen LogP contribution in [0.3, 0.4) is 0 Å². The molecule has 1 aliphatic carbocycles. The Morgan fingerprint density at radius 2 is 1.84 bits per heavy atom. The van der Waals surface area contributed by atoms with Crippen molar-refractivity contribution in [3.8, 4) is 11.5 Å². The zero-order chi connectivity index (χ0) is 18.4. The van der Waals surface area contributed by atoms with Crippen molar-refractivity contribution < 1.29 is 22.7 Å². The molecule has 140 valence electrons. The van der Waals surface area contributed by atoms with Crippen molar-refractivity contribution in [2.24, 2.45) is 0 Å². The van der Waals surface area contributed by atoms with Crippen molar-refractivity contribution in [1.82, 2.24) is 9.62 Å². The van der Waals surface area contributed by atoms with E-state index in [1.807, 2.05) is 0 Å². The number of ether oxygens (including phenoxy) is 2. The van der Waals surface area contributed by atoms with Gasteiger partial charge in [0, 0.05) is 24.7 Å². The molecule has 7 nitrogen and oxygen atoms in total. The first-order valence-electron chi connectivity index (χ1n) is 8.34. The van der Waals surface area contributed by atoms with Gasteiger partial charge in [0.1, 0.15) is 0 Å². The Kier molecular flexibility index (Phi) is 6.66. The van der Waals surface area contributed by atoms with E-state index in [2.05, 4.69) is 5.32 Å². The second-order valence-electron chi connectivity index (χ2n) is 6.14. The summed E-state index contributed by atoms with van der Waals surface area (Å²) in [5, 5.41) is 2.77. The fourth-order valence-corrected chi connectivity index (χ4v) is 4.35. The minimum Gasteiger partial charge on any atom is -0.493 e. The van der Waals surface area contributed by atoms with Crippen LogP contribution < -0.4 is 14.8 Å². The molecule has 1 aliphatic rings. The standard InChI is InChI=1S/C17H26N2O5S/c1-23-15-9-8-13(12-16(15)24-2)17(20)18-10-11-19(25(3,21)22)14-6-4-5-7-14/h8-9,12,14H,4-7,10-11H2,1-3H3,(H,18,20). The van der Waals surface area contributed by atoms with Crippen LogP contribution in [-0.2, 0) is 10.0 Å². The molecular weight excluding hydrogens is 344 g/mol. The van der Waals surface area contributed by atoms with E-state index in [1.165, 1.54) is 24.8 Å². The minimum atomic E-state index is -3.29. The summed E-state index contributed by atoms with van der Waals surface area (Å²) in [6.07, 6.45) is 5.10. The van der Waals surface area contributed by atoms with Gasteiger partial charge in [0.2, 0.25) is 10.0 Å². The van der Waals surface area contributed by atoms with Crippen LogP contribution in [0, 0.1) is 0 Å². The van der Waals surface area contributed by atoms with Crippen LogP contribution in [0.25, 0.3) is 0 Å². The monoisotopic (exact) mass is 370 g/mol. The molecule has 0 unspecified atom stereocenters. The molecule has 0 bridgehead atoms. The Balaban J connectivity index is 1.96. The number of carbonyl (C=O) groups is 1. The number of sulfonamides is 1. The molecule has 0 heterocycles. The van der Waals surface area contributed by atoms with Crippen molar-refractivity contribution in [3.63, 3.8) is 0 Å². The van der Waals surface area contributed by atoms with Crippen LogP contribution in [0.1, 0.15) is 36.0 Å². The molecule has 8 heteroatoms. The van der Waals surface area contributed by atoms with Gasteiger partial charge in [-0.25, -0.2) is 8.42 Å². The first-order chi connectivity index (χ1) is 11.9. The first-order valence-corrected chi connectivity index (χ1v) is 10.2. The van der Waals surface area contributed by atoms with Crippen molar-refractivity contribution >= 4 is 15.9 Å². The highest BCUT2D eigenvalue weighted by Crippen LogP contribution is 2.27. The van der Waals surface area contributed by atoms with Gasteiger partial charge in [0.15, 0.2) is 11.5 Å². The number of rotatable bonds is 8. The average molecular weight is 370 g/mol. The average Bonchev–Trinajstić information content (AvgIpc) is 3.10. The highest BCUT2D eigenvalue weighted by molar-refractivity contribution is 7.88. The maximum Gasteiger partial charge on any atom is 0.251 e. The molecule has 1 fully saturated rings. The quantitative estimate of drug-likeness (QED) is 0.752. The summed E-state index contributed by atoms with van der Waals surface area (Å²) in [6, 6.07) is 4.95. The van der Waals surface area contributed by atoms with Gasteiger partial charge in [-0.15, -0.1) is 0 Å². The normalized spacial score (nSPS) is 15.4. The third kappa shape index (κ3) is 5.09. The maximum atomic E-state index is 12.3. The SMILES string of the molecule is COc1ccc(C(=O)NCCN(C2CCCC2)S(C)(=O)=O)cc1OC. The van der Waals surface area contributed by atoms with Gasteiger partial charge in [0.25, 0.3) is 5.91 Å². The molecule has 1 amide bonds. The molecule has 1 aromatic carbocycles. The van der Waals surface area contributed by atoms with Crippen LogP contribution in [0.2, 0.25) is 0 Å². The molecule has 25 heavy (non-hydrogen) atoms. The van der Waals surface area contributed by atoms with E-state index in [0.29, 0.717) is 17.1 Å². The minimum absolute atomic E-state index is 0.0491. The van der Waals surface area contributed by atoms with Crippen molar-refractivity contribution in [2.45, 2.75) is 31.7 Å². The zero-order valence-corrected chi connectivity index (χ0v) is 15.8. The van der Waals surface area contributed by atoms with E-state index in [4.69, 9.17) is 9.47 Å². The summed E-state index contributed by atoms with van der Waals surface area (Å²) in [5.41, 5.74) is 0.435. The van der Waals surface area contributed by atoms with E-state index < -0.39 is 10.0 Å². The van der Waals surface area contributed by atoms with Crippen molar-refractivity contribution in [2.75, 3.05) is 33.6 Å². The highest BCUT2D eigenvalue weighted by atomic mass is 32.2. The molecule has 1 aromatic rings. The first kappa shape index (κ1) is 19.5. The fraction of sp³-hybridized carbons (Fsp3) is 0.588. The fourth-order valence-electron chi connectivity index (χ4n) is 3.17. The second-order valence-corrected chi connectivity index (χ2v) is 8.07. The molecule has 0 spiro atoms. The van der Waals surface area contributed by atoms with Gasteiger partial charge >= 0.3 is 0 Å². The summed E-state index contributed by atoms with van der Waals surface area (Å²) in [7, 11) is -0.252. The van der Waals surface area contributed by atoms with E-state index in [-0.39, 0.29) is 25.0 Å². The number of amides is 1. The summed E-state index contributed by atoms with van der Waals surface area (Å²) < 4.78 is 35.8. The van der Waals surface area contributed by atoms with Crippen LogP contribution in [0.5, 0.6) is 11.5 Å². The predicted molar refractivity (Wildman–Crippen MR) is 95.7 cm³/mol. The largest absolute Gasteiger partial charge is 0.493 e. The molecule has 1 N–H and O–H groups in total. The lowest BCUT2D eigenvalue weighted by molar-refractivity contribution is 0.0950. The molecule has 0 aliphatic heterocycles. The summed E-state index contributed by atoms with van der Waals surface area (Å²) >= 11 is 0. The van der Waals surface area contributed by atoms with Gasteiger partial charge in [-0.05, 0) is 31.0 Å². The Bertz CT molecular complexity index is 699. The molecule has 0 saturated heterocycles. The van der Waals surface area contributed by atoms with Gasteiger partial charge in [0.05, 0.1) is 20.5 Å². The maximum absolute atomic E-state index is 12.3. The van der Waals surface area contributed by atoms with Crippen molar-refractivity contribution in [1.29, 1.82) is 0 Å². The summed E-state index contributed by atoms with van der Waals surface area (Å²) in [5.74, 6) is 0.739. The molecule has 0 radical (unpaired) electrons. The number of hydrogen-bond donors (Lipinski definition) is 1. The Morgan fingerprint density at radius 3 is 2.40 bits per heavy atom. The van der Waals surface area contributed by atoms with E-state index in [1.54, 1.807) is 18.2 Å². The van der Waals surface area contributed by atoms with Gasteiger partial charge in [-0.1, -0.05) is 12.8 Å². The lowest BCUT2D eigenvalue weighted by Gasteiger charge is -2.26. The third-order valence-electron chi connectivity index (χ3n) is 4.42. The molecule has 0 atom stereocenters. The summed E-state index contributed by atoms with van der Waals surface area (Å²) in [4.78, 5) is 12.3. The lowest BCUT2D eigenvalue weighted by atomic mass is 10.2. The third-order valence-corrected chi connectivity index (χ3v) is 5.75. The number of hydrogen-bond acceptors (Lipinski definition) is 5. The van der Waals surface area contributed by atoms with E-state index >= 15 is 0 Å². The Hall–Kier alpha value is -1.80. The number of nitrogens with one attached hydrogen (secondary N) is 1. The van der Waals surface area contributed by atoms with Gasteiger partial charge in [-0.2, -0.15) is 4.31 Å². The zero-order valence-electron chi connectivity index (χ0n) is 14.9. The molecule has 2 rings (SSSR count). The summed E-state index contributed by atoms with van der Waals surface area (Å²) in [6.45, 7) is 0.541. The predicted octanol–water partition coefficient (Wildman–Crippen LogP) is 1.64. The van der Waals surface area contributed by atoms with Gasteiger partial charge < -0.3 is 14.8 Å². The smallest absolute Gasteiger partial charge is 0.251 e. The second kappa shape index (κ2) is 8.53. The molecule has 1 saturated carbocycles. The Morgan fingerprint density at radius 1 is 1.20 bits per heavy atom. The van der Waals surface area contributed by atoms with Crippen LogP contribution >= 0.6 is 0 Å². The number of carbonyl (C=O) groups excluding carboxylic acids is 1. The Labute approximate surface area is 149 Å². The number of nitrogens with zero attached hydrogens (tertiary/aromatic N) is 1. The van der Waals surface area contributed by atoms with Crippen LogP contribution in [0.15, 0.2) is 18.2 Å². The van der Waals surface area contributed by atoms with Gasteiger partial charge in [-0.3, -0.25) is 4.79 Å². The molecule has 0 aromatic heterocycles. The lowest BCUT2D eigenvalue weighted by Crippen LogP contribution is -2.43. The van der Waals surface area contributed by atoms with Crippen LogP contribution in [-0.4, -0.2) is 58.2 Å². The highest BCUT2D eigenvalue weighted by Gasteiger charge is 2.28.